The Kier molecular flexibility index (Phi) is 6.24. The molecule has 0 bridgehead atoms. The third-order valence-corrected chi connectivity index (χ3v) is 4.32. The number of anilines is 1. The summed E-state index contributed by atoms with van der Waals surface area (Å²) in [6.07, 6.45) is 1.90. The highest BCUT2D eigenvalue weighted by atomic mass is 35.5. The summed E-state index contributed by atoms with van der Waals surface area (Å²) in [5, 5.41) is 3.36. The van der Waals surface area contributed by atoms with Crippen LogP contribution in [0.3, 0.4) is 0 Å². The zero-order chi connectivity index (χ0) is 16.8. The van der Waals surface area contributed by atoms with E-state index in [1.54, 1.807) is 25.3 Å². The van der Waals surface area contributed by atoms with E-state index in [2.05, 4.69) is 10.2 Å². The Morgan fingerprint density at radius 1 is 1.39 bits per heavy atom. The van der Waals surface area contributed by atoms with Crippen molar-refractivity contribution in [3.63, 3.8) is 0 Å². The van der Waals surface area contributed by atoms with E-state index in [9.17, 15) is 9.59 Å². The number of likely N-dealkylation sites (tertiary alicyclic amines) is 1. The molecule has 1 fully saturated rings. The number of carbonyl (C=O) groups excluding carboxylic acids is 2. The highest BCUT2D eigenvalue weighted by molar-refractivity contribution is 6.31. The molecule has 6 nitrogen and oxygen atoms in total. The highest BCUT2D eigenvalue weighted by Gasteiger charge is 2.23. The summed E-state index contributed by atoms with van der Waals surface area (Å²) in [6, 6.07) is 5.09. The molecule has 0 saturated carbocycles. The molecule has 3 N–H and O–H groups in total. The maximum Gasteiger partial charge on any atom is 0.225 e. The van der Waals surface area contributed by atoms with Gasteiger partial charge >= 0.3 is 0 Å². The number of rotatable bonds is 6. The fourth-order valence-electron chi connectivity index (χ4n) is 2.69. The second-order valence-corrected chi connectivity index (χ2v) is 6.10. The lowest BCUT2D eigenvalue weighted by Gasteiger charge is -2.30. The predicted octanol–water partition coefficient (Wildman–Crippen LogP) is 1.87. The van der Waals surface area contributed by atoms with Gasteiger partial charge in [-0.05, 0) is 44.1 Å². The van der Waals surface area contributed by atoms with Gasteiger partial charge in [0.1, 0.15) is 5.75 Å². The molecule has 23 heavy (non-hydrogen) atoms. The molecule has 0 atom stereocenters. The smallest absolute Gasteiger partial charge is 0.225 e. The van der Waals surface area contributed by atoms with Crippen LogP contribution in [0.25, 0.3) is 0 Å². The largest absolute Gasteiger partial charge is 0.495 e. The molecule has 0 aromatic heterocycles. The summed E-state index contributed by atoms with van der Waals surface area (Å²) in [7, 11) is 1.54. The summed E-state index contributed by atoms with van der Waals surface area (Å²) >= 11 is 5.94. The summed E-state index contributed by atoms with van der Waals surface area (Å²) in [6.45, 7) is 2.24. The average molecular weight is 340 g/mol. The molecule has 2 amide bonds. The molecular weight excluding hydrogens is 318 g/mol. The van der Waals surface area contributed by atoms with Crippen molar-refractivity contribution >= 4 is 29.1 Å². The first-order valence-corrected chi connectivity index (χ1v) is 8.02. The van der Waals surface area contributed by atoms with Crippen LogP contribution >= 0.6 is 11.6 Å². The molecule has 7 heteroatoms. The van der Waals surface area contributed by atoms with Crippen molar-refractivity contribution in [2.24, 2.45) is 11.7 Å². The van der Waals surface area contributed by atoms with Crippen LogP contribution in [0.15, 0.2) is 18.2 Å². The third-order valence-electron chi connectivity index (χ3n) is 4.08. The van der Waals surface area contributed by atoms with Crippen LogP contribution in [0.4, 0.5) is 5.69 Å². The molecule has 1 saturated heterocycles. The lowest BCUT2D eigenvalue weighted by molar-refractivity contribution is -0.123. The molecule has 126 valence electrons. The van der Waals surface area contributed by atoms with Crippen LogP contribution in [0.2, 0.25) is 5.02 Å². The predicted molar refractivity (Wildman–Crippen MR) is 89.6 cm³/mol. The maximum atomic E-state index is 12.1. The Morgan fingerprint density at radius 3 is 2.70 bits per heavy atom. The minimum atomic E-state index is -0.226. The van der Waals surface area contributed by atoms with Crippen LogP contribution in [0.5, 0.6) is 5.75 Å². The quantitative estimate of drug-likeness (QED) is 0.828. The number of primary amides is 1. The van der Waals surface area contributed by atoms with Crippen LogP contribution in [0.1, 0.15) is 19.3 Å². The van der Waals surface area contributed by atoms with Gasteiger partial charge in [0.15, 0.2) is 0 Å². The molecule has 0 unspecified atom stereocenters. The second-order valence-electron chi connectivity index (χ2n) is 5.66. The van der Waals surface area contributed by atoms with E-state index in [4.69, 9.17) is 22.1 Å². The average Bonchev–Trinajstić information content (AvgIpc) is 2.53. The monoisotopic (exact) mass is 339 g/mol. The van der Waals surface area contributed by atoms with Crippen molar-refractivity contribution in [2.75, 3.05) is 32.1 Å². The number of carbonyl (C=O) groups is 2. The van der Waals surface area contributed by atoms with Gasteiger partial charge < -0.3 is 20.7 Å². The van der Waals surface area contributed by atoms with Crippen molar-refractivity contribution in [1.82, 2.24) is 4.90 Å². The number of piperidine rings is 1. The molecule has 1 aliphatic heterocycles. The van der Waals surface area contributed by atoms with Crippen LogP contribution in [-0.2, 0) is 9.59 Å². The molecule has 1 heterocycles. The van der Waals surface area contributed by atoms with E-state index < -0.39 is 0 Å². The van der Waals surface area contributed by atoms with Gasteiger partial charge in [0.25, 0.3) is 0 Å². The molecule has 0 spiro atoms. The van der Waals surface area contributed by atoms with E-state index in [1.807, 2.05) is 0 Å². The molecule has 1 aliphatic rings. The number of hydrogen-bond acceptors (Lipinski definition) is 4. The number of nitrogens with zero attached hydrogens (tertiary/aromatic N) is 1. The van der Waals surface area contributed by atoms with E-state index in [0.29, 0.717) is 29.4 Å². The molecule has 0 radical (unpaired) electrons. The number of methoxy groups -OCH3 is 1. The second kappa shape index (κ2) is 8.17. The zero-order valence-electron chi connectivity index (χ0n) is 13.2. The summed E-state index contributed by atoms with van der Waals surface area (Å²) in [4.78, 5) is 25.4. The summed E-state index contributed by atoms with van der Waals surface area (Å²) < 4.78 is 5.20. The van der Waals surface area contributed by atoms with Crippen molar-refractivity contribution in [2.45, 2.75) is 19.3 Å². The highest BCUT2D eigenvalue weighted by Crippen LogP contribution is 2.27. The van der Waals surface area contributed by atoms with E-state index in [-0.39, 0.29) is 17.7 Å². The van der Waals surface area contributed by atoms with Crippen molar-refractivity contribution < 1.29 is 14.3 Å². The Bertz CT molecular complexity index is 572. The summed E-state index contributed by atoms with van der Waals surface area (Å²) in [5.41, 5.74) is 5.88. The number of ether oxygens (including phenoxy) is 1. The number of nitrogens with one attached hydrogen (secondary N) is 1. The topological polar surface area (TPSA) is 84.7 Å². The minimum Gasteiger partial charge on any atom is -0.495 e. The Balaban J connectivity index is 1.80. The lowest BCUT2D eigenvalue weighted by Crippen LogP contribution is -2.39. The first-order valence-electron chi connectivity index (χ1n) is 7.64. The third kappa shape index (κ3) is 5.11. The normalized spacial score (nSPS) is 16.1. The van der Waals surface area contributed by atoms with Gasteiger partial charge in [0.05, 0.1) is 12.8 Å². The van der Waals surface area contributed by atoms with Crippen LogP contribution < -0.4 is 15.8 Å². The first-order chi connectivity index (χ1) is 11.0. The number of hydrogen-bond donors (Lipinski definition) is 2. The minimum absolute atomic E-state index is 0.0317. The van der Waals surface area contributed by atoms with Crippen molar-refractivity contribution in [1.29, 1.82) is 0 Å². The molecule has 2 rings (SSSR count). The fourth-order valence-corrected chi connectivity index (χ4v) is 2.86. The van der Waals surface area contributed by atoms with E-state index in [1.165, 1.54) is 0 Å². The SMILES string of the molecule is COc1ccc(Cl)cc1NC(=O)CCN1CCC(C(N)=O)CC1. The van der Waals surface area contributed by atoms with Gasteiger partial charge in [-0.3, -0.25) is 9.59 Å². The van der Waals surface area contributed by atoms with Gasteiger partial charge in [-0.15, -0.1) is 0 Å². The molecule has 1 aromatic carbocycles. The molecular formula is C16H22ClN3O3. The van der Waals surface area contributed by atoms with Crippen molar-refractivity contribution in [3.05, 3.63) is 23.2 Å². The number of halogens is 1. The van der Waals surface area contributed by atoms with Crippen LogP contribution in [-0.4, -0.2) is 43.5 Å². The van der Waals surface area contributed by atoms with Gasteiger partial charge in [0.2, 0.25) is 11.8 Å². The lowest BCUT2D eigenvalue weighted by atomic mass is 9.96. The van der Waals surface area contributed by atoms with Gasteiger partial charge in [-0.2, -0.15) is 0 Å². The van der Waals surface area contributed by atoms with E-state index in [0.717, 1.165) is 25.9 Å². The van der Waals surface area contributed by atoms with Gasteiger partial charge in [-0.1, -0.05) is 11.6 Å². The number of amides is 2. The Labute approximate surface area is 140 Å². The van der Waals surface area contributed by atoms with E-state index >= 15 is 0 Å². The number of benzene rings is 1. The molecule has 0 aliphatic carbocycles. The first kappa shape index (κ1) is 17.6. The zero-order valence-corrected chi connectivity index (χ0v) is 13.9. The molecule has 1 aromatic rings. The van der Waals surface area contributed by atoms with Gasteiger partial charge in [-0.25, -0.2) is 0 Å². The Hall–Kier alpha value is -1.79. The van der Waals surface area contributed by atoms with Gasteiger partial charge in [0, 0.05) is 23.9 Å². The maximum absolute atomic E-state index is 12.1. The fraction of sp³-hybridized carbons (Fsp3) is 0.500. The summed E-state index contributed by atoms with van der Waals surface area (Å²) in [5.74, 6) is 0.221. The Morgan fingerprint density at radius 2 is 2.09 bits per heavy atom. The standard InChI is InChI=1S/C16H22ClN3O3/c1-23-14-3-2-12(17)10-13(14)19-15(21)6-9-20-7-4-11(5-8-20)16(18)22/h2-3,10-11H,4-9H2,1H3,(H2,18,22)(H,19,21). The van der Waals surface area contributed by atoms with Crippen molar-refractivity contribution in [3.8, 4) is 5.75 Å². The number of nitrogens with two attached hydrogens (primary N) is 1. The van der Waals surface area contributed by atoms with Crippen LogP contribution in [0, 0.1) is 5.92 Å².